The first-order chi connectivity index (χ1) is 5.16. The first-order valence-corrected chi connectivity index (χ1v) is 4.31. The molecule has 0 saturated carbocycles. The van der Waals surface area contributed by atoms with Crippen LogP contribution in [0.15, 0.2) is 0 Å². The van der Waals surface area contributed by atoms with E-state index in [4.69, 9.17) is 5.11 Å². The molecular weight excluding hydrogens is 142 g/mol. The Morgan fingerprint density at radius 1 is 1.09 bits per heavy atom. The van der Waals surface area contributed by atoms with Gasteiger partial charge in [0.1, 0.15) is 6.61 Å². The minimum Gasteiger partial charge on any atom is -0.387 e. The van der Waals surface area contributed by atoms with Crippen molar-refractivity contribution in [3.8, 4) is 0 Å². The number of aliphatic hydroxyl groups excluding tert-OH is 2. The van der Waals surface area contributed by atoms with E-state index in [1.165, 1.54) is 0 Å². The molecule has 3 heteroatoms. The Kier molecular flexibility index (Phi) is 4.65. The van der Waals surface area contributed by atoms with Gasteiger partial charge in [0.25, 0.3) is 0 Å². The molecule has 0 fully saturated rings. The van der Waals surface area contributed by atoms with Crippen LogP contribution in [-0.2, 0) is 0 Å². The highest BCUT2D eigenvalue weighted by Crippen LogP contribution is 2.10. The molecule has 0 aromatic carbocycles. The van der Waals surface area contributed by atoms with Crippen molar-refractivity contribution in [2.24, 2.45) is 0 Å². The number of hydrogen-bond donors (Lipinski definition) is 2. The van der Waals surface area contributed by atoms with Crippen LogP contribution in [0, 0.1) is 0 Å². The first-order valence-electron chi connectivity index (χ1n) is 4.31. The standard InChI is InChI=1S/C8H20NO2/c1-4-9(5-2,6-3)8(11)7-10/h8,10-11H,4-7H2,1-3H3/q+1. The maximum Gasteiger partial charge on any atom is 0.214 e. The van der Waals surface area contributed by atoms with Crippen LogP contribution in [0.25, 0.3) is 0 Å². The summed E-state index contributed by atoms with van der Waals surface area (Å²) in [7, 11) is 0. The SMILES string of the molecule is CC[N+](CC)(CC)C(O)CO. The van der Waals surface area contributed by atoms with Gasteiger partial charge in [0.05, 0.1) is 19.6 Å². The van der Waals surface area contributed by atoms with E-state index in [1.54, 1.807) is 0 Å². The molecule has 0 spiro atoms. The van der Waals surface area contributed by atoms with Crippen molar-refractivity contribution >= 4 is 0 Å². The molecule has 1 unspecified atom stereocenters. The lowest BCUT2D eigenvalue weighted by atomic mass is 10.3. The average molecular weight is 162 g/mol. The van der Waals surface area contributed by atoms with Crippen molar-refractivity contribution in [2.45, 2.75) is 27.0 Å². The minimum absolute atomic E-state index is 0.143. The van der Waals surface area contributed by atoms with Crippen LogP contribution in [0.4, 0.5) is 0 Å². The van der Waals surface area contributed by atoms with Gasteiger partial charge in [0.2, 0.25) is 6.23 Å². The summed E-state index contributed by atoms with van der Waals surface area (Å²) >= 11 is 0. The van der Waals surface area contributed by atoms with Crippen LogP contribution in [0.1, 0.15) is 20.8 Å². The van der Waals surface area contributed by atoms with Crippen LogP contribution in [0.3, 0.4) is 0 Å². The lowest BCUT2D eigenvalue weighted by Crippen LogP contribution is -2.56. The Hall–Kier alpha value is -0.120. The molecule has 0 aromatic heterocycles. The molecule has 0 aliphatic carbocycles. The Morgan fingerprint density at radius 2 is 1.45 bits per heavy atom. The molecule has 0 amide bonds. The van der Waals surface area contributed by atoms with Crippen molar-refractivity contribution in [2.75, 3.05) is 26.2 Å². The van der Waals surface area contributed by atoms with Gasteiger partial charge < -0.3 is 10.2 Å². The van der Waals surface area contributed by atoms with Crippen LogP contribution in [-0.4, -0.2) is 47.2 Å². The number of likely N-dealkylation sites (N-methyl/N-ethyl adjacent to an activating group) is 1. The zero-order valence-corrected chi connectivity index (χ0v) is 7.75. The van der Waals surface area contributed by atoms with Crippen molar-refractivity contribution in [1.29, 1.82) is 0 Å². The van der Waals surface area contributed by atoms with E-state index in [-0.39, 0.29) is 6.61 Å². The van der Waals surface area contributed by atoms with Gasteiger partial charge in [-0.1, -0.05) is 0 Å². The first kappa shape index (κ1) is 10.9. The summed E-state index contributed by atoms with van der Waals surface area (Å²) in [5.74, 6) is 0. The number of aliphatic hydroxyl groups is 2. The Balaban J connectivity index is 4.26. The minimum atomic E-state index is -0.616. The van der Waals surface area contributed by atoms with Gasteiger partial charge in [-0.3, -0.25) is 4.48 Å². The predicted molar refractivity (Wildman–Crippen MR) is 45.0 cm³/mol. The predicted octanol–water partition coefficient (Wildman–Crippen LogP) is 0.174. The van der Waals surface area contributed by atoms with E-state index in [1.807, 2.05) is 20.8 Å². The topological polar surface area (TPSA) is 40.5 Å². The molecule has 0 bridgehead atoms. The zero-order chi connectivity index (χ0) is 8.91. The van der Waals surface area contributed by atoms with Gasteiger partial charge in [-0.25, -0.2) is 0 Å². The second kappa shape index (κ2) is 4.70. The van der Waals surface area contributed by atoms with Crippen LogP contribution < -0.4 is 0 Å². The summed E-state index contributed by atoms with van der Waals surface area (Å²) < 4.78 is 0.594. The van der Waals surface area contributed by atoms with Crippen molar-refractivity contribution < 1.29 is 14.7 Å². The summed E-state index contributed by atoms with van der Waals surface area (Å²) in [6.07, 6.45) is -0.616. The maximum absolute atomic E-state index is 9.49. The largest absolute Gasteiger partial charge is 0.387 e. The van der Waals surface area contributed by atoms with E-state index >= 15 is 0 Å². The van der Waals surface area contributed by atoms with Crippen LogP contribution in [0.2, 0.25) is 0 Å². The normalized spacial score (nSPS) is 15.0. The molecule has 0 saturated heterocycles. The second-order valence-corrected chi connectivity index (χ2v) is 2.83. The van der Waals surface area contributed by atoms with Crippen molar-refractivity contribution in [3.05, 3.63) is 0 Å². The molecule has 0 rings (SSSR count). The quantitative estimate of drug-likeness (QED) is 0.447. The molecule has 0 aliphatic heterocycles. The fourth-order valence-corrected chi connectivity index (χ4v) is 1.48. The lowest BCUT2D eigenvalue weighted by Gasteiger charge is -2.39. The highest BCUT2D eigenvalue weighted by atomic mass is 16.3. The Morgan fingerprint density at radius 3 is 1.55 bits per heavy atom. The fraction of sp³-hybridized carbons (Fsp3) is 1.00. The third-order valence-corrected chi connectivity index (χ3v) is 2.68. The Bertz CT molecular complexity index is 94.0. The molecule has 11 heavy (non-hydrogen) atoms. The molecule has 0 radical (unpaired) electrons. The summed E-state index contributed by atoms with van der Waals surface area (Å²) in [6.45, 7) is 8.57. The van der Waals surface area contributed by atoms with Crippen molar-refractivity contribution in [3.63, 3.8) is 0 Å². The number of quaternary nitrogens is 1. The van der Waals surface area contributed by atoms with Gasteiger partial charge >= 0.3 is 0 Å². The molecular formula is C8H20NO2+. The lowest BCUT2D eigenvalue weighted by molar-refractivity contribution is -0.967. The summed E-state index contributed by atoms with van der Waals surface area (Å²) in [5, 5.41) is 18.3. The van der Waals surface area contributed by atoms with Gasteiger partial charge in [0.15, 0.2) is 0 Å². The smallest absolute Gasteiger partial charge is 0.214 e. The van der Waals surface area contributed by atoms with Gasteiger partial charge in [-0.05, 0) is 20.8 Å². The summed E-state index contributed by atoms with van der Waals surface area (Å²) in [5.41, 5.74) is 0. The van der Waals surface area contributed by atoms with Gasteiger partial charge in [-0.15, -0.1) is 0 Å². The molecule has 2 N–H and O–H groups in total. The number of nitrogens with zero attached hydrogens (tertiary/aromatic N) is 1. The molecule has 0 heterocycles. The third-order valence-electron chi connectivity index (χ3n) is 2.68. The van der Waals surface area contributed by atoms with Crippen LogP contribution in [0.5, 0.6) is 0 Å². The molecule has 68 valence electrons. The second-order valence-electron chi connectivity index (χ2n) is 2.83. The number of rotatable bonds is 5. The molecule has 1 atom stereocenters. The molecule has 0 aliphatic rings. The van der Waals surface area contributed by atoms with E-state index in [9.17, 15) is 5.11 Å². The monoisotopic (exact) mass is 162 g/mol. The summed E-state index contributed by atoms with van der Waals surface area (Å²) in [4.78, 5) is 0. The van der Waals surface area contributed by atoms with Gasteiger partial charge in [0, 0.05) is 0 Å². The summed E-state index contributed by atoms with van der Waals surface area (Å²) in [6, 6.07) is 0. The third kappa shape index (κ3) is 2.15. The van der Waals surface area contributed by atoms with E-state index in [0.29, 0.717) is 4.48 Å². The Labute approximate surface area is 68.9 Å². The van der Waals surface area contributed by atoms with Crippen LogP contribution >= 0.6 is 0 Å². The highest BCUT2D eigenvalue weighted by molar-refractivity contribution is 4.41. The molecule has 0 aromatic rings. The van der Waals surface area contributed by atoms with E-state index < -0.39 is 6.23 Å². The van der Waals surface area contributed by atoms with E-state index in [0.717, 1.165) is 19.6 Å². The van der Waals surface area contributed by atoms with E-state index in [2.05, 4.69) is 0 Å². The average Bonchev–Trinajstić information content (AvgIpc) is 2.08. The van der Waals surface area contributed by atoms with Gasteiger partial charge in [-0.2, -0.15) is 0 Å². The van der Waals surface area contributed by atoms with Crippen molar-refractivity contribution in [1.82, 2.24) is 0 Å². The zero-order valence-electron chi connectivity index (χ0n) is 7.75. The maximum atomic E-state index is 9.49. The highest BCUT2D eigenvalue weighted by Gasteiger charge is 2.29. The molecule has 3 nitrogen and oxygen atoms in total. The number of hydrogen-bond acceptors (Lipinski definition) is 2. The fourth-order valence-electron chi connectivity index (χ4n) is 1.48.